The van der Waals surface area contributed by atoms with Crippen molar-refractivity contribution in [2.24, 2.45) is 7.05 Å². The topological polar surface area (TPSA) is 55.4 Å². The van der Waals surface area contributed by atoms with Crippen molar-refractivity contribution in [3.63, 3.8) is 0 Å². The minimum Gasteiger partial charge on any atom is -0.306 e. The van der Waals surface area contributed by atoms with Gasteiger partial charge in [-0.25, -0.2) is 4.98 Å². The summed E-state index contributed by atoms with van der Waals surface area (Å²) in [4.78, 5) is 22.3. The third-order valence-corrected chi connectivity index (χ3v) is 7.04. The molecule has 1 aliphatic rings. The summed E-state index contributed by atoms with van der Waals surface area (Å²) in [5, 5.41) is 5.63. The van der Waals surface area contributed by atoms with Gasteiger partial charge in [-0.15, -0.1) is 11.3 Å². The maximum atomic E-state index is 13.3. The number of thiazole rings is 1. The van der Waals surface area contributed by atoms with Gasteiger partial charge in [0.15, 0.2) is 4.96 Å². The van der Waals surface area contributed by atoms with Gasteiger partial charge < -0.3 is 4.90 Å². The molecule has 1 aromatic carbocycles. The Labute approximate surface area is 167 Å². The fraction of sp³-hybridized carbons (Fsp3) is 0.381. The molecule has 1 saturated heterocycles. The second-order valence-electron chi connectivity index (χ2n) is 7.82. The summed E-state index contributed by atoms with van der Waals surface area (Å²) in [6.07, 6.45) is 8.01. The zero-order valence-corrected chi connectivity index (χ0v) is 17.2. The number of nitrogens with zero attached hydrogens (tertiary/aromatic N) is 5. The zero-order chi connectivity index (χ0) is 19.4. The van der Waals surface area contributed by atoms with Gasteiger partial charge in [0.05, 0.1) is 11.1 Å². The van der Waals surface area contributed by atoms with Gasteiger partial charge in [-0.3, -0.25) is 13.9 Å². The van der Waals surface area contributed by atoms with E-state index in [0.717, 1.165) is 52.9 Å². The van der Waals surface area contributed by atoms with Gasteiger partial charge in [-0.1, -0.05) is 12.1 Å². The van der Waals surface area contributed by atoms with E-state index in [1.165, 1.54) is 4.88 Å². The quantitative estimate of drug-likeness (QED) is 0.524. The first kappa shape index (κ1) is 17.6. The van der Waals surface area contributed by atoms with Crippen molar-refractivity contribution >= 4 is 27.2 Å². The summed E-state index contributed by atoms with van der Waals surface area (Å²) in [7, 11) is 4.08. The fourth-order valence-electron chi connectivity index (χ4n) is 4.21. The highest BCUT2D eigenvalue weighted by Gasteiger charge is 2.22. The van der Waals surface area contributed by atoms with E-state index in [1.807, 2.05) is 43.2 Å². The monoisotopic (exact) mass is 393 g/mol. The van der Waals surface area contributed by atoms with E-state index in [-0.39, 0.29) is 5.56 Å². The molecule has 0 atom stereocenters. The van der Waals surface area contributed by atoms with Crippen LogP contribution in [0, 0.1) is 6.92 Å². The lowest BCUT2D eigenvalue weighted by Crippen LogP contribution is -2.28. The first-order valence-corrected chi connectivity index (χ1v) is 10.5. The highest BCUT2D eigenvalue weighted by atomic mass is 32.1. The Bertz CT molecular complexity index is 1240. The molecular formula is C21H23N5OS. The van der Waals surface area contributed by atoms with E-state index in [1.54, 1.807) is 21.9 Å². The van der Waals surface area contributed by atoms with Crippen LogP contribution in [0.15, 0.2) is 35.5 Å². The normalized spacial score (nSPS) is 16.4. The summed E-state index contributed by atoms with van der Waals surface area (Å²) in [6, 6.07) is 4.03. The van der Waals surface area contributed by atoms with Crippen molar-refractivity contribution in [3.8, 4) is 11.1 Å². The van der Waals surface area contributed by atoms with Crippen molar-refractivity contribution in [2.75, 3.05) is 20.1 Å². The van der Waals surface area contributed by atoms with Gasteiger partial charge in [-0.2, -0.15) is 5.10 Å². The van der Waals surface area contributed by atoms with Crippen LogP contribution in [0.4, 0.5) is 0 Å². The Morgan fingerprint density at radius 2 is 1.89 bits per heavy atom. The molecule has 7 heteroatoms. The fourth-order valence-corrected chi connectivity index (χ4v) is 5.32. The predicted molar refractivity (Wildman–Crippen MR) is 113 cm³/mol. The maximum Gasteiger partial charge on any atom is 0.266 e. The van der Waals surface area contributed by atoms with Crippen molar-refractivity contribution < 1.29 is 0 Å². The number of aromatic nitrogens is 4. The Morgan fingerprint density at radius 1 is 1.11 bits per heavy atom. The highest BCUT2D eigenvalue weighted by Crippen LogP contribution is 2.33. The van der Waals surface area contributed by atoms with E-state index in [0.29, 0.717) is 11.5 Å². The first-order chi connectivity index (χ1) is 13.5. The third-order valence-electron chi connectivity index (χ3n) is 5.88. The second-order valence-corrected chi connectivity index (χ2v) is 8.86. The number of fused-ring (bicyclic) bond motifs is 2. The van der Waals surface area contributed by atoms with Crippen molar-refractivity contribution in [2.45, 2.75) is 25.7 Å². The molecule has 0 aliphatic carbocycles. The molecule has 4 heterocycles. The van der Waals surface area contributed by atoms with Crippen molar-refractivity contribution in [1.82, 2.24) is 24.1 Å². The van der Waals surface area contributed by atoms with Gasteiger partial charge >= 0.3 is 0 Å². The van der Waals surface area contributed by atoms with E-state index >= 15 is 0 Å². The first-order valence-electron chi connectivity index (χ1n) is 9.64. The van der Waals surface area contributed by atoms with Crippen LogP contribution in [0.1, 0.15) is 29.2 Å². The van der Waals surface area contributed by atoms with Gasteiger partial charge in [0.1, 0.15) is 0 Å². The van der Waals surface area contributed by atoms with Gasteiger partial charge in [0.2, 0.25) is 0 Å². The molecule has 0 radical (unpaired) electrons. The van der Waals surface area contributed by atoms with E-state index in [2.05, 4.69) is 22.0 Å². The van der Waals surface area contributed by atoms with Crippen LogP contribution in [-0.2, 0) is 7.05 Å². The lowest BCUT2D eigenvalue weighted by molar-refractivity contribution is 0.256. The largest absolute Gasteiger partial charge is 0.306 e. The van der Waals surface area contributed by atoms with E-state index < -0.39 is 0 Å². The number of aryl methyl sites for hydroxylation is 2. The molecule has 1 aliphatic heterocycles. The molecule has 5 rings (SSSR count). The minimum absolute atomic E-state index is 0.00110. The zero-order valence-electron chi connectivity index (χ0n) is 16.3. The summed E-state index contributed by atoms with van der Waals surface area (Å²) in [6.45, 7) is 4.24. The number of likely N-dealkylation sites (tertiary alicyclic amines) is 1. The number of rotatable bonds is 2. The predicted octanol–water partition coefficient (Wildman–Crippen LogP) is 3.43. The molecule has 1 fully saturated rings. The molecule has 0 unspecified atom stereocenters. The molecule has 28 heavy (non-hydrogen) atoms. The third kappa shape index (κ3) is 2.77. The highest BCUT2D eigenvalue weighted by molar-refractivity contribution is 7.17. The molecule has 6 nitrogen and oxygen atoms in total. The molecule has 4 aromatic rings. The number of hydrogen-bond donors (Lipinski definition) is 0. The molecule has 0 saturated carbocycles. The Hall–Kier alpha value is -2.51. The lowest BCUT2D eigenvalue weighted by atomic mass is 9.96. The number of benzene rings is 1. The van der Waals surface area contributed by atoms with Gasteiger partial charge in [-0.05, 0) is 56.9 Å². The van der Waals surface area contributed by atoms with Gasteiger partial charge in [0, 0.05) is 35.9 Å². The molecular weight excluding hydrogens is 370 g/mol. The van der Waals surface area contributed by atoms with Crippen LogP contribution in [0.2, 0.25) is 0 Å². The van der Waals surface area contributed by atoms with Crippen LogP contribution in [0.3, 0.4) is 0 Å². The van der Waals surface area contributed by atoms with Crippen LogP contribution < -0.4 is 5.56 Å². The van der Waals surface area contributed by atoms with E-state index in [9.17, 15) is 4.79 Å². The van der Waals surface area contributed by atoms with Gasteiger partial charge in [0.25, 0.3) is 5.56 Å². The minimum atomic E-state index is -0.00110. The summed E-state index contributed by atoms with van der Waals surface area (Å²) in [5.74, 6) is 0.525. The molecule has 0 spiro atoms. The Balaban J connectivity index is 1.60. The van der Waals surface area contributed by atoms with E-state index in [4.69, 9.17) is 0 Å². The van der Waals surface area contributed by atoms with Crippen LogP contribution >= 0.6 is 11.3 Å². The Kier molecular flexibility index (Phi) is 4.10. The van der Waals surface area contributed by atoms with Crippen LogP contribution in [0.25, 0.3) is 27.0 Å². The molecule has 3 aromatic heterocycles. The summed E-state index contributed by atoms with van der Waals surface area (Å²) < 4.78 is 3.54. The van der Waals surface area contributed by atoms with Crippen LogP contribution in [0.5, 0.6) is 0 Å². The SMILES string of the molecule is Cc1c(-c2cnc3sc(C4CCN(C)CC4)cn3c2=O)ccc2cn(C)nc12. The maximum absolute atomic E-state index is 13.3. The van der Waals surface area contributed by atoms with Crippen LogP contribution in [-0.4, -0.2) is 44.2 Å². The molecule has 0 N–H and O–H groups in total. The number of piperidine rings is 1. The Morgan fingerprint density at radius 3 is 2.68 bits per heavy atom. The smallest absolute Gasteiger partial charge is 0.266 e. The summed E-state index contributed by atoms with van der Waals surface area (Å²) in [5.41, 5.74) is 3.49. The lowest BCUT2D eigenvalue weighted by Gasteiger charge is -2.27. The average Bonchev–Trinajstić information content (AvgIpc) is 3.28. The number of hydrogen-bond acceptors (Lipinski definition) is 5. The summed E-state index contributed by atoms with van der Waals surface area (Å²) >= 11 is 1.65. The van der Waals surface area contributed by atoms with Crippen molar-refractivity contribution in [1.29, 1.82) is 0 Å². The average molecular weight is 394 g/mol. The molecule has 144 valence electrons. The second kappa shape index (κ2) is 6.53. The molecule has 0 bridgehead atoms. The molecule has 0 amide bonds. The van der Waals surface area contributed by atoms with Crippen molar-refractivity contribution in [3.05, 3.63) is 51.5 Å². The standard InChI is InChI=1S/C21H23N5OS/c1-13-16(5-4-15-11-25(3)23-19(13)15)17-10-22-21-26(20(17)27)12-18(28-21)14-6-8-24(2)9-7-14/h4-5,10-12,14H,6-9H2,1-3H3.